The Kier molecular flexibility index (Phi) is 5.76. The van der Waals surface area contributed by atoms with Crippen LogP contribution in [-0.4, -0.2) is 71.9 Å². The highest BCUT2D eigenvalue weighted by Crippen LogP contribution is 2.24. The van der Waals surface area contributed by atoms with Crippen LogP contribution in [0.4, 0.5) is 11.5 Å². The van der Waals surface area contributed by atoms with Gasteiger partial charge in [0.2, 0.25) is 0 Å². The largest absolute Gasteiger partial charge is 0.378 e. The molecular weight excluding hydrogens is 438 g/mol. The predicted octanol–water partition coefficient (Wildman–Crippen LogP) is 1.44. The van der Waals surface area contributed by atoms with Crippen LogP contribution < -0.4 is 4.90 Å². The summed E-state index contributed by atoms with van der Waals surface area (Å²) < 4.78 is 33.6. The standard InChI is InChI=1S/C19H21N7O5S/c1-14-3-4-16(26(27)28)11-17(14)32(29,30)23(2)20-12-15-13-21-25-6-5-18(22-19(15)25)24-7-9-31-10-8-24/h3-6,11-13H,7-10H2,1-2H3/b20-12+. The molecule has 12 nitrogen and oxygen atoms in total. The van der Waals surface area contributed by atoms with Crippen LogP contribution in [0.2, 0.25) is 0 Å². The molecule has 168 valence electrons. The van der Waals surface area contributed by atoms with Crippen LogP contribution in [0.5, 0.6) is 0 Å². The van der Waals surface area contributed by atoms with Gasteiger partial charge in [0.1, 0.15) is 5.82 Å². The monoisotopic (exact) mass is 459 g/mol. The predicted molar refractivity (Wildman–Crippen MR) is 116 cm³/mol. The van der Waals surface area contributed by atoms with E-state index in [0.29, 0.717) is 30.0 Å². The van der Waals surface area contributed by atoms with Crippen LogP contribution in [0, 0.1) is 17.0 Å². The number of nitro groups is 1. The summed E-state index contributed by atoms with van der Waals surface area (Å²) in [5, 5.41) is 19.3. The van der Waals surface area contributed by atoms with E-state index in [4.69, 9.17) is 4.74 Å². The molecule has 1 saturated heterocycles. The van der Waals surface area contributed by atoms with Crippen molar-refractivity contribution in [2.24, 2.45) is 5.10 Å². The SMILES string of the molecule is Cc1ccc([N+](=O)[O-])cc1S(=O)(=O)N(C)/N=C/c1cnn2ccc(N3CCOCC3)nc12. The molecule has 3 heterocycles. The molecule has 1 aliphatic heterocycles. The molecule has 0 saturated carbocycles. The van der Waals surface area contributed by atoms with Crippen LogP contribution >= 0.6 is 0 Å². The summed E-state index contributed by atoms with van der Waals surface area (Å²) in [6.45, 7) is 4.27. The highest BCUT2D eigenvalue weighted by Gasteiger charge is 2.24. The third kappa shape index (κ3) is 4.11. The summed E-state index contributed by atoms with van der Waals surface area (Å²) in [6, 6.07) is 5.54. The normalized spacial score (nSPS) is 14.9. The zero-order valence-electron chi connectivity index (χ0n) is 17.4. The first-order valence-corrected chi connectivity index (χ1v) is 11.2. The van der Waals surface area contributed by atoms with Crippen molar-refractivity contribution in [3.63, 3.8) is 0 Å². The second-order valence-corrected chi connectivity index (χ2v) is 9.06. The van der Waals surface area contributed by atoms with Crippen LogP contribution in [0.25, 0.3) is 5.65 Å². The molecular formula is C19H21N7O5S. The molecule has 0 aliphatic carbocycles. The number of nitrogens with zero attached hydrogens (tertiary/aromatic N) is 7. The Hall–Kier alpha value is -3.58. The number of hydrazone groups is 1. The van der Waals surface area contributed by atoms with Crippen molar-refractivity contribution in [1.82, 2.24) is 19.0 Å². The zero-order valence-corrected chi connectivity index (χ0v) is 18.3. The van der Waals surface area contributed by atoms with Crippen molar-refractivity contribution < 1.29 is 18.1 Å². The van der Waals surface area contributed by atoms with E-state index < -0.39 is 14.9 Å². The Labute approximate surface area is 183 Å². The number of hydrogen-bond donors (Lipinski definition) is 0. The van der Waals surface area contributed by atoms with Crippen LogP contribution in [0.15, 0.2) is 46.7 Å². The Balaban J connectivity index is 1.62. The molecule has 1 aromatic carbocycles. The van der Waals surface area contributed by atoms with E-state index in [1.165, 1.54) is 31.6 Å². The van der Waals surface area contributed by atoms with Gasteiger partial charge in [0.05, 0.1) is 41.0 Å². The number of non-ortho nitro benzene ring substituents is 1. The minimum absolute atomic E-state index is 0.182. The van der Waals surface area contributed by atoms with Gasteiger partial charge in [-0.2, -0.15) is 23.0 Å². The Morgan fingerprint density at radius 3 is 2.75 bits per heavy atom. The average molecular weight is 459 g/mol. The molecule has 32 heavy (non-hydrogen) atoms. The first-order chi connectivity index (χ1) is 15.3. The number of hydrogen-bond acceptors (Lipinski definition) is 9. The summed E-state index contributed by atoms with van der Waals surface area (Å²) in [4.78, 5) is 17.0. The quantitative estimate of drug-likeness (QED) is 0.307. The van der Waals surface area contributed by atoms with Gasteiger partial charge in [-0.05, 0) is 18.6 Å². The van der Waals surface area contributed by atoms with E-state index >= 15 is 0 Å². The van der Waals surface area contributed by atoms with Crippen molar-refractivity contribution in [3.05, 3.63) is 57.9 Å². The minimum Gasteiger partial charge on any atom is -0.378 e. The van der Waals surface area contributed by atoms with Crippen molar-refractivity contribution in [1.29, 1.82) is 0 Å². The van der Waals surface area contributed by atoms with E-state index in [0.717, 1.165) is 29.4 Å². The number of morpholine rings is 1. The van der Waals surface area contributed by atoms with Gasteiger partial charge in [0.15, 0.2) is 5.65 Å². The summed E-state index contributed by atoms with van der Waals surface area (Å²) in [5.41, 5.74) is 1.12. The van der Waals surface area contributed by atoms with Crippen molar-refractivity contribution in [2.75, 3.05) is 38.3 Å². The van der Waals surface area contributed by atoms with Crippen LogP contribution in [0.3, 0.4) is 0 Å². The molecule has 1 fully saturated rings. The second-order valence-electron chi connectivity index (χ2n) is 7.14. The topological polar surface area (TPSA) is 136 Å². The first kappa shape index (κ1) is 21.6. The Morgan fingerprint density at radius 1 is 1.28 bits per heavy atom. The number of ether oxygens (including phenoxy) is 1. The molecule has 0 spiro atoms. The number of rotatable bonds is 6. The van der Waals surface area contributed by atoms with Crippen molar-refractivity contribution >= 4 is 33.4 Å². The van der Waals surface area contributed by atoms with Crippen molar-refractivity contribution in [2.45, 2.75) is 11.8 Å². The molecule has 0 amide bonds. The number of aromatic nitrogens is 3. The van der Waals surface area contributed by atoms with Gasteiger partial charge in [-0.25, -0.2) is 9.50 Å². The van der Waals surface area contributed by atoms with Gasteiger partial charge in [-0.1, -0.05) is 6.07 Å². The molecule has 2 aromatic heterocycles. The molecule has 3 aromatic rings. The van der Waals surface area contributed by atoms with E-state index in [-0.39, 0.29) is 10.6 Å². The fourth-order valence-electron chi connectivity index (χ4n) is 3.26. The highest BCUT2D eigenvalue weighted by molar-refractivity contribution is 7.89. The average Bonchev–Trinajstić information content (AvgIpc) is 3.20. The first-order valence-electron chi connectivity index (χ1n) is 9.72. The lowest BCUT2D eigenvalue weighted by atomic mass is 10.2. The van der Waals surface area contributed by atoms with Crippen LogP contribution in [-0.2, 0) is 14.8 Å². The number of sulfonamides is 1. The number of benzene rings is 1. The van der Waals surface area contributed by atoms with E-state index in [1.54, 1.807) is 17.6 Å². The molecule has 0 bridgehead atoms. The van der Waals surface area contributed by atoms with Gasteiger partial charge in [0, 0.05) is 38.5 Å². The molecule has 13 heteroatoms. The fourth-order valence-corrected chi connectivity index (χ4v) is 4.47. The molecule has 0 unspecified atom stereocenters. The maximum atomic E-state index is 12.9. The number of nitro benzene ring substituents is 1. The fraction of sp³-hybridized carbons (Fsp3) is 0.316. The van der Waals surface area contributed by atoms with E-state index in [9.17, 15) is 18.5 Å². The van der Waals surface area contributed by atoms with Gasteiger partial charge >= 0.3 is 0 Å². The smallest absolute Gasteiger partial charge is 0.279 e. The number of fused-ring (bicyclic) bond motifs is 1. The van der Waals surface area contributed by atoms with Crippen molar-refractivity contribution in [3.8, 4) is 0 Å². The lowest BCUT2D eigenvalue weighted by Crippen LogP contribution is -2.36. The molecule has 0 atom stereocenters. The lowest BCUT2D eigenvalue weighted by Gasteiger charge is -2.27. The lowest BCUT2D eigenvalue weighted by molar-refractivity contribution is -0.385. The van der Waals surface area contributed by atoms with Gasteiger partial charge in [-0.15, -0.1) is 0 Å². The molecule has 4 rings (SSSR count). The van der Waals surface area contributed by atoms with E-state index in [2.05, 4.69) is 20.1 Å². The molecule has 1 aliphatic rings. The summed E-state index contributed by atoms with van der Waals surface area (Å²) in [7, 11) is -2.83. The molecule has 0 radical (unpaired) electrons. The maximum Gasteiger partial charge on any atom is 0.279 e. The summed E-state index contributed by atoms with van der Waals surface area (Å²) in [5.74, 6) is 0.768. The van der Waals surface area contributed by atoms with Gasteiger partial charge < -0.3 is 9.64 Å². The second kappa shape index (κ2) is 8.51. The number of anilines is 1. The van der Waals surface area contributed by atoms with Crippen LogP contribution in [0.1, 0.15) is 11.1 Å². The van der Waals surface area contributed by atoms with E-state index in [1.807, 2.05) is 6.07 Å². The number of aryl methyl sites for hydroxylation is 1. The zero-order chi connectivity index (χ0) is 22.9. The third-order valence-corrected chi connectivity index (χ3v) is 6.87. The van der Waals surface area contributed by atoms with Gasteiger partial charge in [-0.3, -0.25) is 10.1 Å². The Morgan fingerprint density at radius 2 is 2.03 bits per heavy atom. The summed E-state index contributed by atoms with van der Waals surface area (Å²) in [6.07, 6.45) is 4.66. The minimum atomic E-state index is -4.10. The highest BCUT2D eigenvalue weighted by atomic mass is 32.2. The summed E-state index contributed by atoms with van der Waals surface area (Å²) >= 11 is 0. The molecule has 0 N–H and O–H groups in total. The maximum absolute atomic E-state index is 12.9. The van der Waals surface area contributed by atoms with Gasteiger partial charge in [0.25, 0.3) is 15.7 Å². The third-order valence-electron chi connectivity index (χ3n) is 5.08. The Bertz CT molecular complexity index is 1300.